The van der Waals surface area contributed by atoms with Crippen molar-refractivity contribution in [3.63, 3.8) is 0 Å². The first-order valence-electron chi connectivity index (χ1n) is 7.61. The lowest BCUT2D eigenvalue weighted by molar-refractivity contribution is -0.142. The van der Waals surface area contributed by atoms with Gasteiger partial charge in [-0.05, 0) is 12.5 Å². The van der Waals surface area contributed by atoms with Gasteiger partial charge in [0.1, 0.15) is 11.8 Å². The minimum atomic E-state index is -1.53. The van der Waals surface area contributed by atoms with Crippen molar-refractivity contribution >= 4 is 23.8 Å². The third-order valence-corrected chi connectivity index (χ3v) is 4.85. The Morgan fingerprint density at radius 3 is 2.44 bits per heavy atom. The fourth-order valence-electron chi connectivity index (χ4n) is 3.67. The number of likely N-dealkylation sites (tertiary alicyclic amines) is 1. The van der Waals surface area contributed by atoms with Crippen LogP contribution in [0.4, 0.5) is 4.79 Å². The van der Waals surface area contributed by atoms with Crippen molar-refractivity contribution in [3.05, 3.63) is 35.4 Å². The Balaban J connectivity index is 2.02. The summed E-state index contributed by atoms with van der Waals surface area (Å²) in [5.41, 5.74) is 5.12. The number of hydrogen-bond donors (Lipinski definition) is 4. The predicted octanol–water partition coefficient (Wildman–Crippen LogP) is 0.257. The molecule has 0 radical (unpaired) electrons. The van der Waals surface area contributed by atoms with Gasteiger partial charge < -0.3 is 15.6 Å². The molecule has 0 spiro atoms. The van der Waals surface area contributed by atoms with Crippen LogP contribution in [0.1, 0.15) is 24.1 Å². The molecule has 9 nitrogen and oxygen atoms in total. The summed E-state index contributed by atoms with van der Waals surface area (Å²) in [6.45, 7) is 1.45. The van der Waals surface area contributed by atoms with Gasteiger partial charge in [0, 0.05) is 18.7 Å². The van der Waals surface area contributed by atoms with Gasteiger partial charge in [-0.25, -0.2) is 4.79 Å². The van der Waals surface area contributed by atoms with E-state index in [1.54, 1.807) is 24.3 Å². The molecule has 132 valence electrons. The molecule has 2 heterocycles. The number of carboxylic acid groups (broad SMARTS) is 1. The molecule has 2 amide bonds. The lowest BCUT2D eigenvalue weighted by atomic mass is 9.85. The van der Waals surface area contributed by atoms with E-state index in [4.69, 9.17) is 21.0 Å². The number of amidine groups is 1. The van der Waals surface area contributed by atoms with E-state index in [-0.39, 0.29) is 11.7 Å². The second kappa shape index (κ2) is 5.55. The Morgan fingerprint density at radius 2 is 1.92 bits per heavy atom. The first-order valence-corrected chi connectivity index (χ1v) is 7.61. The Morgan fingerprint density at radius 1 is 1.32 bits per heavy atom. The number of nitrogens with two attached hydrogens (primary N) is 1. The number of imide groups is 1. The highest BCUT2D eigenvalue weighted by atomic mass is 16.7. The summed E-state index contributed by atoms with van der Waals surface area (Å²) in [6.07, 6.45) is -1.53. The zero-order valence-electron chi connectivity index (χ0n) is 13.6. The smallest absolute Gasteiger partial charge is 0.450 e. The van der Waals surface area contributed by atoms with Crippen molar-refractivity contribution in [1.29, 1.82) is 5.41 Å². The minimum Gasteiger partial charge on any atom is -0.450 e. The molecule has 0 aromatic heterocycles. The molecule has 4 atom stereocenters. The average molecular weight is 346 g/mol. The van der Waals surface area contributed by atoms with Crippen LogP contribution in [0, 0.1) is 17.2 Å². The Kier molecular flexibility index (Phi) is 3.76. The van der Waals surface area contributed by atoms with Gasteiger partial charge in [-0.1, -0.05) is 24.3 Å². The molecule has 5 N–H and O–H groups in total. The number of carbonyl (C=O) groups is 3. The number of ether oxygens (including phenoxy) is 1. The SMILES string of the molecule is CN1C(=O)C2C(c3ccc(C(=N)N)cc3)NC(C)(OC(=O)O)C2C1=O. The Bertz CT molecular complexity index is 777. The quantitative estimate of drug-likeness (QED) is 0.266. The van der Waals surface area contributed by atoms with E-state index in [1.807, 2.05) is 0 Å². The maximum absolute atomic E-state index is 12.5. The van der Waals surface area contributed by atoms with Gasteiger partial charge in [-0.15, -0.1) is 0 Å². The topological polar surface area (TPSA) is 146 Å². The van der Waals surface area contributed by atoms with Crippen LogP contribution >= 0.6 is 0 Å². The summed E-state index contributed by atoms with van der Waals surface area (Å²) >= 11 is 0. The molecular weight excluding hydrogens is 328 g/mol. The predicted molar refractivity (Wildman–Crippen MR) is 85.6 cm³/mol. The van der Waals surface area contributed by atoms with E-state index < -0.39 is 35.7 Å². The fourth-order valence-corrected chi connectivity index (χ4v) is 3.67. The van der Waals surface area contributed by atoms with Crippen LogP contribution in [0.2, 0.25) is 0 Å². The van der Waals surface area contributed by atoms with Crippen molar-refractivity contribution in [2.24, 2.45) is 17.6 Å². The standard InChI is InChI=1S/C16H18N4O5/c1-16(25-15(23)24)10-9(13(21)20(2)14(10)22)11(19-16)7-3-5-8(6-4-7)12(17)18/h3-6,9-11,19H,1-2H3,(H3,17,18)(H,23,24). The fraction of sp³-hybridized carbons (Fsp3) is 0.375. The molecule has 9 heteroatoms. The molecule has 1 aromatic carbocycles. The molecule has 25 heavy (non-hydrogen) atoms. The normalized spacial score (nSPS) is 31.1. The number of benzene rings is 1. The lowest BCUT2D eigenvalue weighted by Crippen LogP contribution is -2.50. The number of nitrogens with one attached hydrogen (secondary N) is 2. The molecule has 3 rings (SSSR count). The molecule has 2 fully saturated rings. The third kappa shape index (κ3) is 2.52. The van der Waals surface area contributed by atoms with Crippen molar-refractivity contribution in [3.8, 4) is 0 Å². The van der Waals surface area contributed by atoms with Crippen LogP contribution < -0.4 is 11.1 Å². The maximum Gasteiger partial charge on any atom is 0.507 e. The van der Waals surface area contributed by atoms with E-state index in [0.717, 1.165) is 4.90 Å². The zero-order valence-corrected chi connectivity index (χ0v) is 13.6. The van der Waals surface area contributed by atoms with Crippen molar-refractivity contribution in [2.45, 2.75) is 18.7 Å². The summed E-state index contributed by atoms with van der Waals surface area (Å²) in [5.74, 6) is -2.67. The number of amides is 2. The third-order valence-electron chi connectivity index (χ3n) is 4.85. The zero-order chi connectivity index (χ0) is 18.5. The summed E-state index contributed by atoms with van der Waals surface area (Å²) in [5, 5.41) is 19.4. The number of fused-ring (bicyclic) bond motifs is 1. The number of rotatable bonds is 3. The van der Waals surface area contributed by atoms with E-state index in [2.05, 4.69) is 5.32 Å². The van der Waals surface area contributed by atoms with Crippen LogP contribution in [0.25, 0.3) is 0 Å². The Hall–Kier alpha value is -2.94. The Labute approximate surface area is 143 Å². The second-order valence-electron chi connectivity index (χ2n) is 6.37. The van der Waals surface area contributed by atoms with Crippen LogP contribution in [0.3, 0.4) is 0 Å². The van der Waals surface area contributed by atoms with Crippen LogP contribution in [-0.2, 0) is 14.3 Å². The van der Waals surface area contributed by atoms with Crippen molar-refractivity contribution in [2.75, 3.05) is 7.05 Å². The molecule has 4 unspecified atom stereocenters. The first-order chi connectivity index (χ1) is 11.7. The molecule has 0 aliphatic carbocycles. The van der Waals surface area contributed by atoms with Crippen LogP contribution in [0.5, 0.6) is 0 Å². The monoisotopic (exact) mass is 346 g/mol. The van der Waals surface area contributed by atoms with Crippen LogP contribution in [0.15, 0.2) is 24.3 Å². The summed E-state index contributed by atoms with van der Waals surface area (Å²) in [7, 11) is 1.38. The van der Waals surface area contributed by atoms with E-state index in [1.165, 1.54) is 14.0 Å². The second-order valence-corrected chi connectivity index (χ2v) is 6.37. The number of nitrogen functional groups attached to an aromatic ring is 1. The number of nitrogens with zero attached hydrogens (tertiary/aromatic N) is 1. The molecule has 2 aliphatic heterocycles. The highest BCUT2D eigenvalue weighted by Crippen LogP contribution is 2.48. The summed E-state index contributed by atoms with van der Waals surface area (Å²) < 4.78 is 4.95. The van der Waals surface area contributed by atoms with Crippen LogP contribution in [-0.4, -0.2) is 46.6 Å². The number of hydrogen-bond acceptors (Lipinski definition) is 6. The van der Waals surface area contributed by atoms with Crippen molar-refractivity contribution in [1.82, 2.24) is 10.2 Å². The lowest BCUT2D eigenvalue weighted by Gasteiger charge is -2.29. The summed E-state index contributed by atoms with van der Waals surface area (Å²) in [6, 6.07) is 6.04. The highest BCUT2D eigenvalue weighted by molar-refractivity contribution is 6.06. The van der Waals surface area contributed by atoms with Gasteiger partial charge in [0.25, 0.3) is 0 Å². The number of carbonyl (C=O) groups excluding carboxylic acids is 2. The van der Waals surface area contributed by atoms with Gasteiger partial charge in [-0.3, -0.25) is 25.2 Å². The molecular formula is C16H18N4O5. The van der Waals surface area contributed by atoms with Gasteiger partial charge in [0.05, 0.1) is 5.92 Å². The molecule has 1 aromatic rings. The summed E-state index contributed by atoms with van der Waals surface area (Å²) in [4.78, 5) is 37.1. The van der Waals surface area contributed by atoms with E-state index in [9.17, 15) is 14.4 Å². The van der Waals surface area contributed by atoms with E-state index >= 15 is 0 Å². The molecule has 0 saturated carbocycles. The highest BCUT2D eigenvalue weighted by Gasteiger charge is 2.65. The largest absolute Gasteiger partial charge is 0.507 e. The average Bonchev–Trinajstić information content (AvgIpc) is 2.96. The van der Waals surface area contributed by atoms with Gasteiger partial charge in [-0.2, -0.15) is 0 Å². The maximum atomic E-state index is 12.5. The first kappa shape index (κ1) is 16.9. The molecule has 2 aliphatic rings. The van der Waals surface area contributed by atoms with E-state index in [0.29, 0.717) is 11.1 Å². The molecule has 2 saturated heterocycles. The van der Waals surface area contributed by atoms with Gasteiger partial charge in [0.2, 0.25) is 11.8 Å². The minimum absolute atomic E-state index is 0.0882. The molecule has 0 bridgehead atoms. The van der Waals surface area contributed by atoms with Gasteiger partial charge >= 0.3 is 6.16 Å². The van der Waals surface area contributed by atoms with Crippen molar-refractivity contribution < 1.29 is 24.2 Å². The van der Waals surface area contributed by atoms with Gasteiger partial charge in [0.15, 0.2) is 5.72 Å².